The molecule has 8 nitrogen and oxygen atoms in total. The first-order valence-corrected chi connectivity index (χ1v) is 10.7. The molecule has 1 saturated heterocycles. The van der Waals surface area contributed by atoms with Crippen molar-refractivity contribution in [1.29, 1.82) is 0 Å². The van der Waals surface area contributed by atoms with Crippen LogP contribution in [0, 0.1) is 6.92 Å². The molecule has 4 rings (SSSR count). The van der Waals surface area contributed by atoms with Gasteiger partial charge in [0.2, 0.25) is 0 Å². The molecule has 2 aromatic carbocycles. The molecule has 8 heteroatoms. The van der Waals surface area contributed by atoms with Crippen LogP contribution in [-0.2, 0) is 4.74 Å². The smallest absolute Gasteiger partial charge is 0.255 e. The number of aryl methyl sites for hydroxylation is 1. The maximum absolute atomic E-state index is 12.5. The molecule has 2 N–H and O–H groups in total. The third kappa shape index (κ3) is 5.53. The lowest BCUT2D eigenvalue weighted by molar-refractivity contribution is 0.102. The van der Waals surface area contributed by atoms with Gasteiger partial charge in [-0.05, 0) is 62.4 Å². The second kappa shape index (κ2) is 10.1. The van der Waals surface area contributed by atoms with Crippen LogP contribution in [0.5, 0.6) is 5.75 Å². The summed E-state index contributed by atoms with van der Waals surface area (Å²) in [5.74, 6) is 2.90. The molecule has 0 spiro atoms. The highest BCUT2D eigenvalue weighted by atomic mass is 16.5. The summed E-state index contributed by atoms with van der Waals surface area (Å²) in [4.78, 5) is 23.7. The molecule has 0 unspecified atom stereocenters. The number of ether oxygens (including phenoxy) is 2. The number of nitrogens with one attached hydrogen (secondary N) is 2. The minimum atomic E-state index is -0.171. The van der Waals surface area contributed by atoms with Gasteiger partial charge in [0.15, 0.2) is 0 Å². The number of rotatable bonds is 7. The van der Waals surface area contributed by atoms with Crippen LogP contribution >= 0.6 is 0 Å². The molecule has 1 aliphatic heterocycles. The van der Waals surface area contributed by atoms with Gasteiger partial charge in [0.1, 0.15) is 23.2 Å². The van der Waals surface area contributed by atoms with E-state index < -0.39 is 0 Å². The SMILES string of the molecule is CCOc1ccc(C(=O)Nc2ccc(Nc3cc(N4CCOCC4)nc(C)n3)cc2)cc1. The molecule has 0 radical (unpaired) electrons. The highest BCUT2D eigenvalue weighted by molar-refractivity contribution is 6.04. The van der Waals surface area contributed by atoms with Crippen molar-refractivity contribution in [3.8, 4) is 5.75 Å². The minimum Gasteiger partial charge on any atom is -0.494 e. The number of amides is 1. The topological polar surface area (TPSA) is 88.6 Å². The van der Waals surface area contributed by atoms with Crippen molar-refractivity contribution in [2.24, 2.45) is 0 Å². The van der Waals surface area contributed by atoms with Gasteiger partial charge in [-0.15, -0.1) is 0 Å². The fraction of sp³-hybridized carbons (Fsp3) is 0.292. The van der Waals surface area contributed by atoms with E-state index in [1.165, 1.54) is 0 Å². The Hall–Kier alpha value is -3.65. The predicted octanol–water partition coefficient (Wildman–Crippen LogP) is 4.02. The van der Waals surface area contributed by atoms with Gasteiger partial charge in [-0.25, -0.2) is 9.97 Å². The van der Waals surface area contributed by atoms with Gasteiger partial charge >= 0.3 is 0 Å². The largest absolute Gasteiger partial charge is 0.494 e. The summed E-state index contributed by atoms with van der Waals surface area (Å²) in [7, 11) is 0. The Morgan fingerprint density at radius 2 is 1.72 bits per heavy atom. The third-order valence-electron chi connectivity index (χ3n) is 5.00. The number of morpholine rings is 1. The highest BCUT2D eigenvalue weighted by Gasteiger charge is 2.14. The highest BCUT2D eigenvalue weighted by Crippen LogP contribution is 2.22. The number of hydrogen-bond donors (Lipinski definition) is 2. The van der Waals surface area contributed by atoms with E-state index in [4.69, 9.17) is 9.47 Å². The lowest BCUT2D eigenvalue weighted by Gasteiger charge is -2.28. The second-order valence-electron chi connectivity index (χ2n) is 7.37. The van der Waals surface area contributed by atoms with Crippen molar-refractivity contribution >= 4 is 28.9 Å². The Bertz CT molecular complexity index is 1050. The Kier molecular flexibility index (Phi) is 6.81. The number of benzene rings is 2. The Labute approximate surface area is 187 Å². The molecule has 2 heterocycles. The summed E-state index contributed by atoms with van der Waals surface area (Å²) in [6, 6.07) is 16.5. The van der Waals surface area contributed by atoms with Gasteiger partial charge in [-0.1, -0.05) is 0 Å². The monoisotopic (exact) mass is 433 g/mol. The molecule has 1 aromatic heterocycles. The van der Waals surface area contributed by atoms with Crippen LogP contribution in [0.2, 0.25) is 0 Å². The van der Waals surface area contributed by atoms with Crippen molar-refractivity contribution < 1.29 is 14.3 Å². The van der Waals surface area contributed by atoms with Gasteiger partial charge in [0.25, 0.3) is 5.91 Å². The molecular formula is C24H27N5O3. The van der Waals surface area contributed by atoms with E-state index in [0.717, 1.165) is 36.2 Å². The zero-order valence-corrected chi connectivity index (χ0v) is 18.3. The summed E-state index contributed by atoms with van der Waals surface area (Å²) < 4.78 is 10.8. The van der Waals surface area contributed by atoms with Crippen LogP contribution in [0.15, 0.2) is 54.6 Å². The van der Waals surface area contributed by atoms with Crippen molar-refractivity contribution in [3.05, 3.63) is 66.0 Å². The van der Waals surface area contributed by atoms with Crippen LogP contribution in [0.3, 0.4) is 0 Å². The molecular weight excluding hydrogens is 406 g/mol. The zero-order chi connectivity index (χ0) is 22.3. The number of carbonyl (C=O) groups excluding carboxylic acids is 1. The first-order valence-electron chi connectivity index (χ1n) is 10.7. The van der Waals surface area contributed by atoms with Crippen LogP contribution in [0.4, 0.5) is 23.0 Å². The summed E-state index contributed by atoms with van der Waals surface area (Å²) in [5, 5.41) is 6.23. The molecule has 1 aliphatic rings. The van der Waals surface area contributed by atoms with Gasteiger partial charge in [0.05, 0.1) is 19.8 Å². The van der Waals surface area contributed by atoms with Crippen molar-refractivity contribution in [3.63, 3.8) is 0 Å². The average molecular weight is 434 g/mol. The van der Waals surface area contributed by atoms with Crippen LogP contribution in [-0.4, -0.2) is 48.8 Å². The fourth-order valence-electron chi connectivity index (χ4n) is 3.43. The molecule has 0 bridgehead atoms. The Balaban J connectivity index is 1.39. The molecule has 0 aliphatic carbocycles. The first-order chi connectivity index (χ1) is 15.6. The van der Waals surface area contributed by atoms with E-state index in [-0.39, 0.29) is 5.91 Å². The van der Waals surface area contributed by atoms with Crippen LogP contribution in [0.25, 0.3) is 0 Å². The molecule has 0 atom stereocenters. The Morgan fingerprint density at radius 1 is 1.03 bits per heavy atom. The lowest BCUT2D eigenvalue weighted by Crippen LogP contribution is -2.36. The molecule has 1 amide bonds. The standard InChI is InChI=1S/C24H27N5O3/c1-3-32-21-10-4-18(5-11-21)24(30)28-20-8-6-19(7-9-20)27-22-16-23(26-17(2)25-22)29-12-14-31-15-13-29/h4-11,16H,3,12-15H2,1-2H3,(H,28,30)(H,25,26,27). The number of anilines is 4. The van der Waals surface area contributed by atoms with Crippen LogP contribution in [0.1, 0.15) is 23.1 Å². The summed E-state index contributed by atoms with van der Waals surface area (Å²) in [6.45, 7) is 7.44. The van der Waals surface area contributed by atoms with Crippen molar-refractivity contribution in [1.82, 2.24) is 9.97 Å². The predicted molar refractivity (Wildman–Crippen MR) is 125 cm³/mol. The van der Waals surface area contributed by atoms with Crippen molar-refractivity contribution in [2.45, 2.75) is 13.8 Å². The summed E-state index contributed by atoms with van der Waals surface area (Å²) in [5.41, 5.74) is 2.15. The first kappa shape index (κ1) is 21.6. The van der Waals surface area contributed by atoms with E-state index in [9.17, 15) is 4.79 Å². The molecule has 32 heavy (non-hydrogen) atoms. The zero-order valence-electron chi connectivity index (χ0n) is 18.3. The van der Waals surface area contributed by atoms with Gasteiger partial charge in [-0.2, -0.15) is 0 Å². The lowest BCUT2D eigenvalue weighted by atomic mass is 10.2. The third-order valence-corrected chi connectivity index (χ3v) is 5.00. The van der Waals surface area contributed by atoms with E-state index in [1.807, 2.05) is 44.2 Å². The van der Waals surface area contributed by atoms with Crippen molar-refractivity contribution in [2.75, 3.05) is 48.4 Å². The van der Waals surface area contributed by atoms with Gasteiger partial charge < -0.3 is 25.0 Å². The molecule has 3 aromatic rings. The number of aromatic nitrogens is 2. The quantitative estimate of drug-likeness (QED) is 0.582. The van der Waals surface area contributed by atoms with E-state index in [0.29, 0.717) is 36.9 Å². The molecule has 166 valence electrons. The van der Waals surface area contributed by atoms with Gasteiger partial charge in [-0.3, -0.25) is 4.79 Å². The maximum Gasteiger partial charge on any atom is 0.255 e. The fourth-order valence-corrected chi connectivity index (χ4v) is 3.43. The van der Waals surface area contributed by atoms with Gasteiger partial charge in [0, 0.05) is 36.1 Å². The second-order valence-corrected chi connectivity index (χ2v) is 7.37. The van der Waals surface area contributed by atoms with E-state index in [2.05, 4.69) is 25.5 Å². The summed E-state index contributed by atoms with van der Waals surface area (Å²) in [6.07, 6.45) is 0. The van der Waals surface area contributed by atoms with Crippen LogP contribution < -0.4 is 20.3 Å². The maximum atomic E-state index is 12.5. The number of nitrogens with zero attached hydrogens (tertiary/aromatic N) is 3. The molecule has 0 saturated carbocycles. The summed E-state index contributed by atoms with van der Waals surface area (Å²) >= 11 is 0. The minimum absolute atomic E-state index is 0.171. The normalized spacial score (nSPS) is 13.5. The average Bonchev–Trinajstić information content (AvgIpc) is 2.81. The van der Waals surface area contributed by atoms with E-state index >= 15 is 0 Å². The Morgan fingerprint density at radius 3 is 2.41 bits per heavy atom. The van der Waals surface area contributed by atoms with E-state index in [1.54, 1.807) is 24.3 Å². The number of hydrogen-bond acceptors (Lipinski definition) is 7. The molecule has 1 fully saturated rings. The number of carbonyl (C=O) groups is 1.